The van der Waals surface area contributed by atoms with Crippen LogP contribution in [0.25, 0.3) is 23.2 Å². The summed E-state index contributed by atoms with van der Waals surface area (Å²) >= 11 is 0. The second kappa shape index (κ2) is 24.9. The largest absolute Gasteiger partial charge is 0.473 e. The normalized spacial score (nSPS) is 18.7. The molecule has 2 saturated carbocycles. The van der Waals surface area contributed by atoms with Gasteiger partial charge in [0.15, 0.2) is 0 Å². The molecule has 4 atom stereocenters. The summed E-state index contributed by atoms with van der Waals surface area (Å²) in [4.78, 5) is 28.7. The van der Waals surface area contributed by atoms with E-state index in [1.165, 1.54) is 36.4 Å². The van der Waals surface area contributed by atoms with E-state index in [1.807, 2.05) is 0 Å². The average Bonchev–Trinajstić information content (AvgIpc) is 2.19. The van der Waals surface area contributed by atoms with Gasteiger partial charge in [0.2, 0.25) is 34.3 Å². The summed E-state index contributed by atoms with van der Waals surface area (Å²) < 4.78 is 205. The molecule has 6 aromatic rings. The average molecular weight is 1200 g/mol. The van der Waals surface area contributed by atoms with Gasteiger partial charge in [0.25, 0.3) is 23.6 Å². The Labute approximate surface area is 467 Å². The van der Waals surface area contributed by atoms with Crippen LogP contribution in [0.1, 0.15) is 98.2 Å². The zero-order valence-corrected chi connectivity index (χ0v) is 43.6. The third kappa shape index (κ3) is 14.0. The number of nitro groups is 2. The topological polar surface area (TPSA) is 227 Å². The van der Waals surface area contributed by atoms with Crippen molar-refractivity contribution < 1.29 is 90.3 Å². The van der Waals surface area contributed by atoms with Crippen LogP contribution >= 0.6 is 0 Å². The Hall–Kier alpha value is -8.28. The fraction of sp³-hybridized carbons (Fsp3) is 0.407. The molecule has 84 heavy (non-hydrogen) atoms. The van der Waals surface area contributed by atoms with Crippen molar-refractivity contribution >= 4 is 11.4 Å². The summed E-state index contributed by atoms with van der Waals surface area (Å²) in [5.74, 6) is -6.20. The highest BCUT2D eigenvalue weighted by Gasteiger charge is 2.62. The van der Waals surface area contributed by atoms with Gasteiger partial charge in [-0.3, -0.25) is 20.2 Å². The number of benzene rings is 2. The molecule has 0 amide bonds. The standard InChI is InChI=1S/C28H26F6N4O5.C26H22F6N4O5/c1-3-5-14-26(28(32,33)34,41-16-17-10-7-6-8-11-17)25-37-36-24(43-25)22-20(38(39)40)15-19(27(29,30)31)23(35-22)42-21(9-4-2)18-12-13-18;27-25(28,29)17-13-18(36(37)38)20-22-34-35-23(41-22)24(26(30,31)32,39-14-15-7-3-1-4-8-15)12-6-2-5-9-19(16-10-11-16)40-21(17)33-20/h3-4,6-8,10-11,15,18,21H,1-2,5,9,12-14,16H2;1-5,7-8,13,16,19H,6,9-12,14H2/t21?,26-;19?,24-/m11/s1. The van der Waals surface area contributed by atoms with Crippen molar-refractivity contribution in [2.45, 2.75) is 126 Å². The Kier molecular flexibility index (Phi) is 18.3. The lowest BCUT2D eigenvalue weighted by Gasteiger charge is -2.32. The van der Waals surface area contributed by atoms with Gasteiger partial charge in [0.1, 0.15) is 23.3 Å². The third-order valence-corrected chi connectivity index (χ3v) is 13.6. The maximum Gasteiger partial charge on any atom is 0.426 e. The molecule has 5 heterocycles. The molecule has 30 heteroatoms. The first kappa shape index (κ1) is 61.8. The van der Waals surface area contributed by atoms with Gasteiger partial charge in [-0.1, -0.05) is 85.0 Å². The van der Waals surface area contributed by atoms with E-state index in [1.54, 1.807) is 48.5 Å². The Bertz CT molecular complexity index is 3330. The number of aromatic nitrogens is 6. The van der Waals surface area contributed by atoms with E-state index in [-0.39, 0.29) is 49.7 Å². The predicted octanol–water partition coefficient (Wildman–Crippen LogP) is 14.7. The lowest BCUT2D eigenvalue weighted by molar-refractivity contribution is -0.384. The third-order valence-electron chi connectivity index (χ3n) is 13.6. The van der Waals surface area contributed by atoms with E-state index in [2.05, 4.69) is 43.5 Å². The van der Waals surface area contributed by atoms with Gasteiger partial charge in [-0.05, 0) is 74.3 Å². The highest BCUT2D eigenvalue weighted by Crippen LogP contribution is 2.51. The molecule has 4 bridgehead atoms. The molecule has 2 unspecified atom stereocenters. The summed E-state index contributed by atoms with van der Waals surface area (Å²) in [6.07, 6.45) is -15.3. The molecule has 0 radical (unpaired) electrons. The SMILES string of the molecule is C=CCC[C@@](OCc1ccccc1)(c1nnc(-c2nc(OC(CC=C)C3CC3)c(C(F)(F)F)cc2[N+](=O)[O-])o1)C(F)(F)F.O=[N+]([O-])c1cc(C(F)(F)F)c2nc1-c1nnc(o1)[C@@](OCc1ccccc1)(C(F)(F)F)CCC=CCC(C1CC1)O2. The molecule has 2 aliphatic carbocycles. The van der Waals surface area contributed by atoms with Crippen LogP contribution in [-0.2, 0) is 46.2 Å². The van der Waals surface area contributed by atoms with E-state index >= 15 is 0 Å². The number of hydrogen-bond donors (Lipinski definition) is 0. The summed E-state index contributed by atoms with van der Waals surface area (Å²) in [5, 5.41) is 37.7. The quantitative estimate of drug-likeness (QED) is 0.0318. The molecule has 0 N–H and O–H groups in total. The molecular formula is C54H48F12N8O10. The number of allylic oxidation sites excluding steroid dienone is 2. The molecule has 448 valence electrons. The molecule has 3 aliphatic rings. The zero-order chi connectivity index (χ0) is 60.8. The van der Waals surface area contributed by atoms with Gasteiger partial charge in [-0.2, -0.15) is 52.7 Å². The van der Waals surface area contributed by atoms with Crippen LogP contribution < -0.4 is 9.47 Å². The first-order valence-corrected chi connectivity index (χ1v) is 25.6. The fourth-order valence-electron chi connectivity index (χ4n) is 8.85. The first-order valence-electron chi connectivity index (χ1n) is 25.6. The molecule has 4 aromatic heterocycles. The van der Waals surface area contributed by atoms with E-state index in [4.69, 9.17) is 27.8 Å². The van der Waals surface area contributed by atoms with E-state index < -0.39 is 153 Å². The Balaban J connectivity index is 0.000000219. The second-order valence-corrected chi connectivity index (χ2v) is 19.5. The molecule has 0 saturated heterocycles. The van der Waals surface area contributed by atoms with Crippen LogP contribution in [0.3, 0.4) is 0 Å². The number of alkyl halides is 12. The molecule has 9 rings (SSSR count). The van der Waals surface area contributed by atoms with Crippen LogP contribution in [-0.4, -0.2) is 64.8 Å². The minimum absolute atomic E-state index is 0.0816. The van der Waals surface area contributed by atoms with Gasteiger partial charge in [0.05, 0.1) is 23.1 Å². The number of halogens is 12. The Morgan fingerprint density at radius 3 is 1.85 bits per heavy atom. The molecule has 1 aliphatic heterocycles. The molecule has 2 aromatic carbocycles. The predicted molar refractivity (Wildman–Crippen MR) is 268 cm³/mol. The van der Waals surface area contributed by atoms with Gasteiger partial charge in [-0.15, -0.1) is 33.6 Å². The number of hydrogen-bond acceptors (Lipinski definition) is 16. The van der Waals surface area contributed by atoms with Crippen LogP contribution in [0.5, 0.6) is 11.8 Å². The second-order valence-electron chi connectivity index (χ2n) is 19.5. The number of ether oxygens (including phenoxy) is 4. The lowest BCUT2D eigenvalue weighted by atomic mass is 9.95. The number of nitrogens with zero attached hydrogens (tertiary/aromatic N) is 8. The Morgan fingerprint density at radius 2 is 1.30 bits per heavy atom. The maximum atomic E-state index is 14.8. The highest BCUT2D eigenvalue weighted by atomic mass is 19.4. The smallest absolute Gasteiger partial charge is 0.426 e. The highest BCUT2D eigenvalue weighted by molar-refractivity contribution is 5.65. The van der Waals surface area contributed by atoms with Gasteiger partial charge >= 0.3 is 36.1 Å². The van der Waals surface area contributed by atoms with Crippen molar-refractivity contribution in [1.29, 1.82) is 0 Å². The number of pyridine rings is 2. The van der Waals surface area contributed by atoms with Gasteiger partial charge < -0.3 is 27.8 Å². The number of fused-ring (bicyclic) bond motifs is 5. The van der Waals surface area contributed by atoms with Crippen molar-refractivity contribution in [3.63, 3.8) is 0 Å². The van der Waals surface area contributed by atoms with E-state index in [9.17, 15) is 72.9 Å². The van der Waals surface area contributed by atoms with Crippen LogP contribution in [0, 0.1) is 32.1 Å². The number of rotatable bonds is 19. The van der Waals surface area contributed by atoms with Crippen LogP contribution in [0.2, 0.25) is 0 Å². The van der Waals surface area contributed by atoms with Gasteiger partial charge in [0, 0.05) is 25.0 Å². The minimum Gasteiger partial charge on any atom is -0.473 e. The van der Waals surface area contributed by atoms with Crippen molar-refractivity contribution in [2.75, 3.05) is 0 Å². The van der Waals surface area contributed by atoms with Crippen molar-refractivity contribution in [1.82, 2.24) is 30.4 Å². The van der Waals surface area contributed by atoms with Crippen molar-refractivity contribution in [2.24, 2.45) is 11.8 Å². The van der Waals surface area contributed by atoms with Crippen molar-refractivity contribution in [3.05, 3.63) is 165 Å². The van der Waals surface area contributed by atoms with E-state index in [0.29, 0.717) is 36.8 Å². The van der Waals surface area contributed by atoms with Crippen LogP contribution in [0.4, 0.5) is 64.1 Å². The monoisotopic (exact) mass is 1200 g/mol. The minimum atomic E-state index is -5.13. The summed E-state index contributed by atoms with van der Waals surface area (Å²) in [6.45, 7) is 5.99. The molecule has 2 fully saturated rings. The van der Waals surface area contributed by atoms with E-state index in [0.717, 1.165) is 0 Å². The molecular weight excluding hydrogens is 1150 g/mol. The van der Waals surface area contributed by atoms with Gasteiger partial charge in [-0.25, -0.2) is 9.97 Å². The summed E-state index contributed by atoms with van der Waals surface area (Å²) in [6, 6.07) is 16.3. The van der Waals surface area contributed by atoms with Crippen LogP contribution in [0.15, 0.2) is 119 Å². The maximum absolute atomic E-state index is 14.8. The first-order chi connectivity index (χ1) is 39.7. The summed E-state index contributed by atoms with van der Waals surface area (Å²) in [7, 11) is 0. The van der Waals surface area contributed by atoms with Crippen molar-refractivity contribution in [3.8, 4) is 34.9 Å². The Morgan fingerprint density at radius 1 is 0.714 bits per heavy atom. The fourth-order valence-corrected chi connectivity index (χ4v) is 8.85. The molecule has 0 spiro atoms. The zero-order valence-electron chi connectivity index (χ0n) is 43.6. The lowest BCUT2D eigenvalue weighted by Crippen LogP contribution is -2.45. The molecule has 18 nitrogen and oxygen atoms in total. The summed E-state index contributed by atoms with van der Waals surface area (Å²) in [5.41, 5.74) is -12.8.